The number of carbonyl (C=O) groups excluding carboxylic acids is 1. The lowest BCUT2D eigenvalue weighted by Crippen LogP contribution is -2.28. The minimum Gasteiger partial charge on any atom is -0.339 e. The van der Waals surface area contributed by atoms with Gasteiger partial charge in [0.2, 0.25) is 5.89 Å². The van der Waals surface area contributed by atoms with Crippen LogP contribution in [0.3, 0.4) is 0 Å². The van der Waals surface area contributed by atoms with Crippen molar-refractivity contribution in [2.45, 2.75) is 19.3 Å². The van der Waals surface area contributed by atoms with Gasteiger partial charge < -0.3 is 9.42 Å². The summed E-state index contributed by atoms with van der Waals surface area (Å²) < 4.78 is 6.02. The molecule has 20 heavy (non-hydrogen) atoms. The second-order valence-corrected chi connectivity index (χ2v) is 5.75. The van der Waals surface area contributed by atoms with Gasteiger partial charge in [-0.15, -0.1) is 0 Å². The largest absolute Gasteiger partial charge is 0.339 e. The number of hydrogen-bond donors (Lipinski definition) is 0. The quantitative estimate of drug-likeness (QED) is 0.846. The summed E-state index contributed by atoms with van der Waals surface area (Å²) in [6.45, 7) is 3.14. The van der Waals surface area contributed by atoms with Gasteiger partial charge in [0.05, 0.1) is 11.5 Å². The normalized spacial score (nSPS) is 18.5. The average molecular weight is 336 g/mol. The molecule has 0 radical (unpaired) electrons. The lowest BCUT2D eigenvalue weighted by atomic mass is 10.1. The summed E-state index contributed by atoms with van der Waals surface area (Å²) in [5.74, 6) is 1.44. The van der Waals surface area contributed by atoms with Crippen LogP contribution in [0.25, 0.3) is 0 Å². The lowest BCUT2D eigenvalue weighted by Gasteiger charge is -2.16. The maximum atomic E-state index is 12.5. The summed E-state index contributed by atoms with van der Waals surface area (Å²) in [5, 5.41) is 3.81. The molecule has 104 valence electrons. The van der Waals surface area contributed by atoms with Crippen LogP contribution in [0.4, 0.5) is 0 Å². The summed E-state index contributed by atoms with van der Waals surface area (Å²) in [4.78, 5) is 18.6. The molecule has 1 amide bonds. The molecule has 1 aromatic carbocycles. The third-order valence-electron chi connectivity index (χ3n) is 3.47. The first-order valence-electron chi connectivity index (χ1n) is 6.49. The van der Waals surface area contributed by atoms with Crippen molar-refractivity contribution in [1.29, 1.82) is 0 Å². The van der Waals surface area contributed by atoms with E-state index in [1.165, 1.54) is 0 Å². The number of halogens is 1. The van der Waals surface area contributed by atoms with Crippen LogP contribution in [-0.2, 0) is 0 Å². The second kappa shape index (κ2) is 5.36. The van der Waals surface area contributed by atoms with Crippen LogP contribution >= 0.6 is 15.9 Å². The predicted molar refractivity (Wildman–Crippen MR) is 76.4 cm³/mol. The first-order valence-corrected chi connectivity index (χ1v) is 7.28. The summed E-state index contributed by atoms with van der Waals surface area (Å²) in [6.07, 6.45) is 0.859. The number of hydrogen-bond acceptors (Lipinski definition) is 4. The number of amides is 1. The number of rotatable bonds is 2. The molecule has 1 aliphatic heterocycles. The van der Waals surface area contributed by atoms with E-state index in [4.69, 9.17) is 4.52 Å². The van der Waals surface area contributed by atoms with E-state index in [9.17, 15) is 4.79 Å². The topological polar surface area (TPSA) is 59.2 Å². The Bertz CT molecular complexity index is 641. The van der Waals surface area contributed by atoms with Gasteiger partial charge in [-0.05, 0) is 41.4 Å². The molecule has 0 aliphatic carbocycles. The van der Waals surface area contributed by atoms with E-state index >= 15 is 0 Å². The molecule has 5 nitrogen and oxygen atoms in total. The molecule has 0 saturated carbocycles. The monoisotopic (exact) mass is 335 g/mol. The van der Waals surface area contributed by atoms with E-state index < -0.39 is 0 Å². The van der Waals surface area contributed by atoms with Crippen LogP contribution in [0.15, 0.2) is 33.3 Å². The number of likely N-dealkylation sites (tertiary alicyclic amines) is 1. The number of carbonyl (C=O) groups is 1. The van der Waals surface area contributed by atoms with Gasteiger partial charge in [0, 0.05) is 17.6 Å². The molecule has 0 bridgehead atoms. The highest BCUT2D eigenvalue weighted by atomic mass is 79.9. The Hall–Kier alpha value is -1.69. The lowest BCUT2D eigenvalue weighted by molar-refractivity contribution is 0.0788. The molecule has 0 unspecified atom stereocenters. The molecular formula is C14H14BrN3O2. The van der Waals surface area contributed by atoms with E-state index in [1.54, 1.807) is 6.92 Å². The van der Waals surface area contributed by atoms with Gasteiger partial charge >= 0.3 is 0 Å². The van der Waals surface area contributed by atoms with Crippen molar-refractivity contribution in [3.63, 3.8) is 0 Å². The van der Waals surface area contributed by atoms with Crippen molar-refractivity contribution in [1.82, 2.24) is 15.0 Å². The minimum atomic E-state index is 0.0382. The molecule has 1 aromatic heterocycles. The van der Waals surface area contributed by atoms with E-state index in [0.717, 1.165) is 10.9 Å². The zero-order valence-corrected chi connectivity index (χ0v) is 12.6. The fourth-order valence-corrected chi connectivity index (χ4v) is 2.88. The minimum absolute atomic E-state index is 0.0382. The number of aryl methyl sites for hydroxylation is 1. The Morgan fingerprint density at radius 2 is 2.25 bits per heavy atom. The fraction of sp³-hybridized carbons (Fsp3) is 0.357. The van der Waals surface area contributed by atoms with Crippen molar-refractivity contribution >= 4 is 21.8 Å². The molecule has 2 heterocycles. The van der Waals surface area contributed by atoms with Crippen LogP contribution in [0.1, 0.15) is 34.4 Å². The highest BCUT2D eigenvalue weighted by Crippen LogP contribution is 2.28. The van der Waals surface area contributed by atoms with E-state index in [2.05, 4.69) is 26.1 Å². The average Bonchev–Trinajstić information content (AvgIpc) is 3.07. The molecule has 1 saturated heterocycles. The van der Waals surface area contributed by atoms with Crippen molar-refractivity contribution in [2.24, 2.45) is 0 Å². The smallest absolute Gasteiger partial charge is 0.255 e. The van der Waals surface area contributed by atoms with Gasteiger partial charge in [0.15, 0.2) is 5.82 Å². The van der Waals surface area contributed by atoms with Gasteiger partial charge in [-0.3, -0.25) is 4.79 Å². The Balaban J connectivity index is 1.74. The third kappa shape index (κ3) is 2.47. The van der Waals surface area contributed by atoms with Crippen LogP contribution in [0.2, 0.25) is 0 Å². The summed E-state index contributed by atoms with van der Waals surface area (Å²) >= 11 is 3.42. The van der Waals surface area contributed by atoms with Crippen molar-refractivity contribution < 1.29 is 9.32 Å². The standard InChI is InChI=1S/C14H14BrN3O2/c1-9-16-13(20-17-9)10-6-7-18(8-10)14(19)11-4-2-3-5-12(11)15/h2-5,10H,6-8H2,1H3/t10-/m0/s1. The van der Waals surface area contributed by atoms with Gasteiger partial charge in [0.1, 0.15) is 0 Å². The van der Waals surface area contributed by atoms with Crippen LogP contribution in [0.5, 0.6) is 0 Å². The van der Waals surface area contributed by atoms with E-state index in [0.29, 0.717) is 30.4 Å². The van der Waals surface area contributed by atoms with Crippen LogP contribution in [-0.4, -0.2) is 34.0 Å². The molecule has 0 spiro atoms. The second-order valence-electron chi connectivity index (χ2n) is 4.90. The van der Waals surface area contributed by atoms with Crippen molar-refractivity contribution in [2.75, 3.05) is 13.1 Å². The van der Waals surface area contributed by atoms with E-state index in [1.807, 2.05) is 29.2 Å². The summed E-state index contributed by atoms with van der Waals surface area (Å²) in [7, 11) is 0. The zero-order valence-electron chi connectivity index (χ0n) is 11.0. The van der Waals surface area contributed by atoms with Gasteiger partial charge in [-0.1, -0.05) is 17.3 Å². The number of aromatic nitrogens is 2. The van der Waals surface area contributed by atoms with Gasteiger partial charge in [0.25, 0.3) is 5.91 Å². The molecular weight excluding hydrogens is 322 g/mol. The highest BCUT2D eigenvalue weighted by Gasteiger charge is 2.31. The number of benzene rings is 1. The summed E-state index contributed by atoms with van der Waals surface area (Å²) in [6, 6.07) is 7.47. The molecule has 2 aromatic rings. The molecule has 1 fully saturated rings. The molecule has 3 rings (SSSR count). The van der Waals surface area contributed by atoms with Crippen LogP contribution in [0, 0.1) is 6.92 Å². The zero-order chi connectivity index (χ0) is 14.1. The Morgan fingerprint density at radius 1 is 1.45 bits per heavy atom. The molecule has 1 aliphatic rings. The highest BCUT2D eigenvalue weighted by molar-refractivity contribution is 9.10. The third-order valence-corrected chi connectivity index (χ3v) is 4.16. The maximum Gasteiger partial charge on any atom is 0.255 e. The first kappa shape index (κ1) is 13.3. The Morgan fingerprint density at radius 3 is 2.95 bits per heavy atom. The SMILES string of the molecule is Cc1noc([C@H]2CCN(C(=O)c3ccccc3Br)C2)n1. The van der Waals surface area contributed by atoms with Crippen molar-refractivity contribution in [3.8, 4) is 0 Å². The molecule has 1 atom stereocenters. The van der Waals surface area contributed by atoms with Gasteiger partial charge in [-0.2, -0.15) is 4.98 Å². The molecule has 6 heteroatoms. The predicted octanol–water partition coefficient (Wildman–Crippen LogP) is 2.77. The van der Waals surface area contributed by atoms with Crippen LogP contribution < -0.4 is 0 Å². The number of nitrogens with zero attached hydrogens (tertiary/aromatic N) is 3. The van der Waals surface area contributed by atoms with E-state index in [-0.39, 0.29) is 11.8 Å². The Labute approximate surface area is 125 Å². The van der Waals surface area contributed by atoms with Crippen molar-refractivity contribution in [3.05, 3.63) is 46.0 Å². The first-order chi connectivity index (χ1) is 9.65. The molecule has 0 N–H and O–H groups in total. The fourth-order valence-electron chi connectivity index (χ4n) is 2.43. The van der Waals surface area contributed by atoms with Gasteiger partial charge in [-0.25, -0.2) is 0 Å². The maximum absolute atomic E-state index is 12.5. The summed E-state index contributed by atoms with van der Waals surface area (Å²) in [5.41, 5.74) is 0.690. The Kier molecular flexibility index (Phi) is 3.56.